The highest BCUT2D eigenvalue weighted by Gasteiger charge is 2.11. The Balaban J connectivity index is 2.92. The molecule has 0 aliphatic carbocycles. The molecule has 0 heterocycles. The minimum Gasteiger partial charge on any atom is -0.396 e. The molecule has 0 bridgehead atoms. The molecule has 1 atom stereocenters. The van der Waals surface area contributed by atoms with Crippen molar-refractivity contribution in [1.29, 1.82) is 5.41 Å². The molecule has 1 rings (SSSR count). The molecule has 1 aromatic carbocycles. The van der Waals surface area contributed by atoms with Gasteiger partial charge in [0.25, 0.3) is 0 Å². The predicted octanol–water partition coefficient (Wildman–Crippen LogP) is 2.75. The second kappa shape index (κ2) is 5.80. The van der Waals surface area contributed by atoms with Crippen molar-refractivity contribution in [2.45, 2.75) is 33.6 Å². The second-order valence-corrected chi connectivity index (χ2v) is 4.35. The molecule has 2 N–H and O–H groups in total. The largest absolute Gasteiger partial charge is 0.396 e. The summed E-state index contributed by atoms with van der Waals surface area (Å²) in [7, 11) is 0. The summed E-state index contributed by atoms with van der Waals surface area (Å²) in [6, 6.07) is 6.28. The number of aliphatic hydroxyl groups excluding tert-OH is 1. The highest BCUT2D eigenvalue weighted by atomic mass is 16.3. The average molecular weight is 219 g/mol. The summed E-state index contributed by atoms with van der Waals surface area (Å²) in [4.78, 5) is 0. The molecule has 0 fully saturated rings. The van der Waals surface area contributed by atoms with Crippen molar-refractivity contribution >= 4 is 5.71 Å². The van der Waals surface area contributed by atoms with Crippen molar-refractivity contribution in [2.24, 2.45) is 5.92 Å². The molecule has 0 saturated carbocycles. The van der Waals surface area contributed by atoms with E-state index in [0.717, 1.165) is 6.42 Å². The minimum absolute atomic E-state index is 0.0377. The molecule has 88 valence electrons. The third-order valence-corrected chi connectivity index (χ3v) is 3.12. The van der Waals surface area contributed by atoms with E-state index in [0.29, 0.717) is 12.1 Å². The maximum Gasteiger partial charge on any atom is 0.0508 e. The Morgan fingerprint density at radius 2 is 2.12 bits per heavy atom. The van der Waals surface area contributed by atoms with Crippen molar-refractivity contribution in [1.82, 2.24) is 0 Å². The lowest BCUT2D eigenvalue weighted by Crippen LogP contribution is -2.17. The number of rotatable bonds is 5. The number of aliphatic hydroxyl groups is 1. The van der Waals surface area contributed by atoms with Gasteiger partial charge in [-0.1, -0.05) is 32.0 Å². The zero-order chi connectivity index (χ0) is 12.1. The Morgan fingerprint density at radius 3 is 2.69 bits per heavy atom. The summed E-state index contributed by atoms with van der Waals surface area (Å²) in [5, 5.41) is 17.0. The SMILES string of the molecule is CCc1cccc(C)c1CC(=N)[C@@H](C)CO. The smallest absolute Gasteiger partial charge is 0.0508 e. The van der Waals surface area contributed by atoms with E-state index in [1.54, 1.807) is 0 Å². The molecule has 0 radical (unpaired) electrons. The number of hydrogen-bond acceptors (Lipinski definition) is 2. The molecular weight excluding hydrogens is 198 g/mol. The monoisotopic (exact) mass is 219 g/mol. The lowest BCUT2D eigenvalue weighted by atomic mass is 9.92. The summed E-state index contributed by atoms with van der Waals surface area (Å²) < 4.78 is 0. The fourth-order valence-corrected chi connectivity index (χ4v) is 1.82. The summed E-state index contributed by atoms with van der Waals surface area (Å²) in [6.07, 6.45) is 1.66. The second-order valence-electron chi connectivity index (χ2n) is 4.35. The molecule has 0 aliphatic heterocycles. The van der Waals surface area contributed by atoms with Gasteiger partial charge in [0.1, 0.15) is 0 Å². The zero-order valence-electron chi connectivity index (χ0n) is 10.4. The van der Waals surface area contributed by atoms with Gasteiger partial charge in [0.15, 0.2) is 0 Å². The minimum atomic E-state index is -0.0377. The maximum absolute atomic E-state index is 9.04. The topological polar surface area (TPSA) is 44.1 Å². The van der Waals surface area contributed by atoms with E-state index in [-0.39, 0.29) is 12.5 Å². The molecular formula is C14H21NO. The first-order valence-electron chi connectivity index (χ1n) is 5.85. The van der Waals surface area contributed by atoms with Crippen molar-refractivity contribution in [3.8, 4) is 0 Å². The molecule has 0 aromatic heterocycles. The van der Waals surface area contributed by atoms with Gasteiger partial charge >= 0.3 is 0 Å². The highest BCUT2D eigenvalue weighted by Crippen LogP contribution is 2.17. The van der Waals surface area contributed by atoms with Crippen LogP contribution in [-0.2, 0) is 12.8 Å². The van der Waals surface area contributed by atoms with Gasteiger partial charge in [-0.15, -0.1) is 0 Å². The van der Waals surface area contributed by atoms with Crippen LogP contribution in [0, 0.1) is 18.3 Å². The van der Waals surface area contributed by atoms with Crippen LogP contribution in [-0.4, -0.2) is 17.4 Å². The number of nitrogens with one attached hydrogen (secondary N) is 1. The summed E-state index contributed by atoms with van der Waals surface area (Å²) in [6.45, 7) is 6.18. The fraction of sp³-hybridized carbons (Fsp3) is 0.500. The summed E-state index contributed by atoms with van der Waals surface area (Å²) >= 11 is 0. The summed E-state index contributed by atoms with van der Waals surface area (Å²) in [5.41, 5.74) is 4.44. The van der Waals surface area contributed by atoms with Crippen LogP contribution in [0.1, 0.15) is 30.5 Å². The van der Waals surface area contributed by atoms with E-state index in [9.17, 15) is 0 Å². The molecule has 0 saturated heterocycles. The van der Waals surface area contributed by atoms with Crippen LogP contribution >= 0.6 is 0 Å². The van der Waals surface area contributed by atoms with Crippen LogP contribution in [0.2, 0.25) is 0 Å². The zero-order valence-corrected chi connectivity index (χ0v) is 10.4. The van der Waals surface area contributed by atoms with Crippen LogP contribution in [0.4, 0.5) is 0 Å². The third-order valence-electron chi connectivity index (χ3n) is 3.12. The first-order chi connectivity index (χ1) is 7.60. The van der Waals surface area contributed by atoms with Gasteiger partial charge in [-0.05, 0) is 30.0 Å². The van der Waals surface area contributed by atoms with Crippen molar-refractivity contribution in [3.63, 3.8) is 0 Å². The van der Waals surface area contributed by atoms with Gasteiger partial charge in [0.05, 0.1) is 6.61 Å². The molecule has 0 unspecified atom stereocenters. The van der Waals surface area contributed by atoms with Crippen molar-refractivity contribution < 1.29 is 5.11 Å². The van der Waals surface area contributed by atoms with Gasteiger partial charge in [-0.2, -0.15) is 0 Å². The van der Waals surface area contributed by atoms with Crippen LogP contribution in [0.3, 0.4) is 0 Å². The average Bonchev–Trinajstić information content (AvgIpc) is 2.30. The molecule has 0 spiro atoms. The quantitative estimate of drug-likeness (QED) is 0.735. The molecule has 2 heteroatoms. The van der Waals surface area contributed by atoms with Gasteiger partial charge in [-0.3, -0.25) is 0 Å². The van der Waals surface area contributed by atoms with Crippen LogP contribution in [0.5, 0.6) is 0 Å². The molecule has 0 aliphatic rings. The highest BCUT2D eigenvalue weighted by molar-refractivity contribution is 5.86. The van der Waals surface area contributed by atoms with E-state index >= 15 is 0 Å². The Kier molecular flexibility index (Phi) is 4.69. The van der Waals surface area contributed by atoms with Gasteiger partial charge in [-0.25, -0.2) is 0 Å². The molecule has 16 heavy (non-hydrogen) atoms. The number of hydrogen-bond donors (Lipinski definition) is 2. The van der Waals surface area contributed by atoms with Crippen molar-refractivity contribution in [2.75, 3.05) is 6.61 Å². The van der Waals surface area contributed by atoms with E-state index < -0.39 is 0 Å². The predicted molar refractivity (Wildman–Crippen MR) is 68.2 cm³/mol. The van der Waals surface area contributed by atoms with Gasteiger partial charge in [0, 0.05) is 18.1 Å². The van der Waals surface area contributed by atoms with Crippen molar-refractivity contribution in [3.05, 3.63) is 34.9 Å². The first-order valence-corrected chi connectivity index (χ1v) is 5.85. The van der Waals surface area contributed by atoms with E-state index in [4.69, 9.17) is 10.5 Å². The molecule has 1 aromatic rings. The van der Waals surface area contributed by atoms with Crippen LogP contribution in [0.15, 0.2) is 18.2 Å². The molecule has 0 amide bonds. The number of benzene rings is 1. The standard InChI is InChI=1S/C14H21NO/c1-4-12-7-5-6-10(2)13(12)8-14(15)11(3)9-16/h5-7,11,15-16H,4,8-9H2,1-3H3/t11-/m0/s1. The van der Waals surface area contributed by atoms with Gasteiger partial charge in [0.2, 0.25) is 0 Å². The van der Waals surface area contributed by atoms with Gasteiger partial charge < -0.3 is 10.5 Å². The van der Waals surface area contributed by atoms with E-state index in [2.05, 4.69) is 32.0 Å². The Labute approximate surface area is 97.8 Å². The van der Waals surface area contributed by atoms with Crippen LogP contribution in [0.25, 0.3) is 0 Å². The Bertz CT molecular complexity index is 371. The number of aryl methyl sites for hydroxylation is 2. The lowest BCUT2D eigenvalue weighted by Gasteiger charge is -2.15. The Hall–Kier alpha value is -1.15. The normalized spacial score (nSPS) is 12.5. The Morgan fingerprint density at radius 1 is 1.44 bits per heavy atom. The lowest BCUT2D eigenvalue weighted by molar-refractivity contribution is 0.268. The third kappa shape index (κ3) is 2.92. The maximum atomic E-state index is 9.04. The van der Waals surface area contributed by atoms with Crippen LogP contribution < -0.4 is 0 Å². The van der Waals surface area contributed by atoms with E-state index in [1.807, 2.05) is 6.92 Å². The first kappa shape index (κ1) is 12.9. The summed E-state index contributed by atoms with van der Waals surface area (Å²) in [5.74, 6) is -0.0377. The fourth-order valence-electron chi connectivity index (χ4n) is 1.82. The molecule has 2 nitrogen and oxygen atoms in total. The van der Waals surface area contributed by atoms with E-state index in [1.165, 1.54) is 16.7 Å².